The highest BCUT2D eigenvalue weighted by Gasteiger charge is 2.30. The molecule has 0 radical (unpaired) electrons. The van der Waals surface area contributed by atoms with Crippen LogP contribution in [0.25, 0.3) is 0 Å². The summed E-state index contributed by atoms with van der Waals surface area (Å²) in [5.74, 6) is -0.0443. The first-order chi connectivity index (χ1) is 15.9. The zero-order valence-electron chi connectivity index (χ0n) is 17.9. The van der Waals surface area contributed by atoms with Crippen molar-refractivity contribution in [1.29, 1.82) is 0 Å². The number of carbonyl (C=O) groups is 2. The summed E-state index contributed by atoms with van der Waals surface area (Å²) in [5, 5.41) is 3.26. The SMILES string of the molecule is CNC(=O)[C@@H](Cc1ccccc1)N(Cc1ccc(Br)cc1)C(=O)COc1ccc(Cl)cc1Br. The van der Waals surface area contributed by atoms with Crippen LogP contribution in [-0.4, -0.2) is 36.4 Å². The van der Waals surface area contributed by atoms with E-state index in [1.165, 1.54) is 0 Å². The van der Waals surface area contributed by atoms with Crippen molar-refractivity contribution in [3.05, 3.63) is 97.9 Å². The molecule has 0 spiro atoms. The fraction of sp³-hybridized carbons (Fsp3) is 0.200. The summed E-state index contributed by atoms with van der Waals surface area (Å²) < 4.78 is 7.35. The number of nitrogens with zero attached hydrogens (tertiary/aromatic N) is 1. The van der Waals surface area contributed by atoms with Crippen molar-refractivity contribution in [1.82, 2.24) is 10.2 Å². The van der Waals surface area contributed by atoms with E-state index in [1.54, 1.807) is 30.1 Å². The summed E-state index contributed by atoms with van der Waals surface area (Å²) in [4.78, 5) is 27.9. The van der Waals surface area contributed by atoms with Crippen molar-refractivity contribution in [3.8, 4) is 5.75 Å². The van der Waals surface area contributed by atoms with Crippen LogP contribution >= 0.6 is 43.5 Å². The lowest BCUT2D eigenvalue weighted by Crippen LogP contribution is -2.51. The second-order valence-electron chi connectivity index (χ2n) is 7.33. The first-order valence-corrected chi connectivity index (χ1v) is 12.2. The van der Waals surface area contributed by atoms with E-state index in [0.29, 0.717) is 21.7 Å². The molecule has 0 aromatic heterocycles. The zero-order valence-corrected chi connectivity index (χ0v) is 21.9. The van der Waals surface area contributed by atoms with Gasteiger partial charge in [0.15, 0.2) is 6.61 Å². The maximum atomic E-state index is 13.4. The van der Waals surface area contributed by atoms with Gasteiger partial charge in [0.2, 0.25) is 5.91 Å². The van der Waals surface area contributed by atoms with Gasteiger partial charge in [0, 0.05) is 29.5 Å². The predicted octanol–water partition coefficient (Wildman–Crippen LogP) is 5.63. The van der Waals surface area contributed by atoms with Gasteiger partial charge in [-0.3, -0.25) is 9.59 Å². The van der Waals surface area contributed by atoms with Crippen molar-refractivity contribution in [2.45, 2.75) is 19.0 Å². The summed E-state index contributed by atoms with van der Waals surface area (Å²) in [6.07, 6.45) is 0.382. The Hall–Kier alpha value is -2.35. The predicted molar refractivity (Wildman–Crippen MR) is 137 cm³/mol. The van der Waals surface area contributed by atoms with Crippen LogP contribution in [0.3, 0.4) is 0 Å². The van der Waals surface area contributed by atoms with Crippen LogP contribution in [0.15, 0.2) is 81.7 Å². The molecule has 0 heterocycles. The van der Waals surface area contributed by atoms with Gasteiger partial charge in [-0.05, 0) is 57.4 Å². The average Bonchev–Trinajstić information content (AvgIpc) is 2.82. The number of ether oxygens (including phenoxy) is 1. The highest BCUT2D eigenvalue weighted by molar-refractivity contribution is 9.10. The highest BCUT2D eigenvalue weighted by atomic mass is 79.9. The van der Waals surface area contributed by atoms with Gasteiger partial charge in [0.05, 0.1) is 4.47 Å². The molecule has 1 N–H and O–H groups in total. The summed E-state index contributed by atoms with van der Waals surface area (Å²) >= 11 is 12.8. The first kappa shape index (κ1) is 25.3. The molecule has 8 heteroatoms. The summed E-state index contributed by atoms with van der Waals surface area (Å²) in [5.41, 5.74) is 1.86. The molecule has 172 valence electrons. The van der Waals surface area contributed by atoms with E-state index in [0.717, 1.165) is 15.6 Å². The Bertz CT molecular complexity index is 1090. The number of hydrogen-bond acceptors (Lipinski definition) is 3. The molecule has 0 aliphatic heterocycles. The van der Waals surface area contributed by atoms with E-state index in [4.69, 9.17) is 16.3 Å². The number of likely N-dealkylation sites (N-methyl/N-ethyl adjacent to an activating group) is 1. The quantitative estimate of drug-likeness (QED) is 0.350. The molecule has 0 bridgehead atoms. The van der Waals surface area contributed by atoms with Gasteiger partial charge in [0.1, 0.15) is 11.8 Å². The fourth-order valence-electron chi connectivity index (χ4n) is 3.32. The Morgan fingerprint density at radius 2 is 1.70 bits per heavy atom. The van der Waals surface area contributed by atoms with Crippen LogP contribution in [0.5, 0.6) is 5.75 Å². The van der Waals surface area contributed by atoms with E-state index in [2.05, 4.69) is 37.2 Å². The van der Waals surface area contributed by atoms with Gasteiger partial charge in [-0.25, -0.2) is 0 Å². The number of hydrogen-bond donors (Lipinski definition) is 1. The van der Waals surface area contributed by atoms with Crippen LogP contribution in [0.1, 0.15) is 11.1 Å². The third kappa shape index (κ3) is 7.32. The van der Waals surface area contributed by atoms with Crippen molar-refractivity contribution >= 4 is 55.3 Å². The molecule has 1 atom stereocenters. The van der Waals surface area contributed by atoms with Gasteiger partial charge in [-0.1, -0.05) is 70.0 Å². The number of benzene rings is 3. The lowest BCUT2D eigenvalue weighted by Gasteiger charge is -2.31. The molecule has 5 nitrogen and oxygen atoms in total. The number of amides is 2. The normalized spacial score (nSPS) is 11.5. The van der Waals surface area contributed by atoms with Crippen molar-refractivity contribution in [2.24, 2.45) is 0 Å². The van der Waals surface area contributed by atoms with E-state index in [9.17, 15) is 9.59 Å². The Morgan fingerprint density at radius 3 is 2.33 bits per heavy atom. The molecule has 3 aromatic carbocycles. The summed E-state index contributed by atoms with van der Waals surface area (Å²) in [7, 11) is 1.57. The van der Waals surface area contributed by atoms with Gasteiger partial charge in [-0.15, -0.1) is 0 Å². The minimum atomic E-state index is -0.703. The summed E-state index contributed by atoms with van der Waals surface area (Å²) in [6, 6.07) is 21.7. The van der Waals surface area contributed by atoms with E-state index >= 15 is 0 Å². The van der Waals surface area contributed by atoms with Crippen molar-refractivity contribution < 1.29 is 14.3 Å². The molecule has 0 unspecified atom stereocenters. The van der Waals surface area contributed by atoms with Crippen molar-refractivity contribution in [3.63, 3.8) is 0 Å². The largest absolute Gasteiger partial charge is 0.483 e. The number of carbonyl (C=O) groups excluding carboxylic acids is 2. The van der Waals surface area contributed by atoms with E-state index in [1.807, 2.05) is 54.6 Å². The molecule has 0 fully saturated rings. The second-order valence-corrected chi connectivity index (χ2v) is 9.54. The Morgan fingerprint density at radius 1 is 1.00 bits per heavy atom. The van der Waals surface area contributed by atoms with Crippen LogP contribution in [0.2, 0.25) is 5.02 Å². The maximum absolute atomic E-state index is 13.4. The maximum Gasteiger partial charge on any atom is 0.261 e. The minimum absolute atomic E-state index is 0.223. The van der Waals surface area contributed by atoms with Crippen LogP contribution in [0, 0.1) is 0 Å². The average molecular weight is 595 g/mol. The van der Waals surface area contributed by atoms with Crippen LogP contribution in [-0.2, 0) is 22.6 Å². The highest BCUT2D eigenvalue weighted by Crippen LogP contribution is 2.28. The third-order valence-electron chi connectivity index (χ3n) is 5.03. The van der Waals surface area contributed by atoms with Gasteiger partial charge < -0.3 is 15.0 Å². The molecule has 0 saturated heterocycles. The second kappa shape index (κ2) is 12.2. The zero-order chi connectivity index (χ0) is 23.8. The molecule has 0 aliphatic rings. The topological polar surface area (TPSA) is 58.6 Å². The van der Waals surface area contributed by atoms with E-state index in [-0.39, 0.29) is 25.0 Å². The molecule has 33 heavy (non-hydrogen) atoms. The Kier molecular flexibility index (Phi) is 9.35. The number of halogens is 3. The minimum Gasteiger partial charge on any atom is -0.483 e. The standard InChI is InChI=1S/C25H23Br2ClN2O3/c1-29-25(32)22(13-17-5-3-2-4-6-17)30(15-18-7-9-19(26)10-8-18)24(31)16-33-23-12-11-20(28)14-21(23)27/h2-12,14,22H,13,15-16H2,1H3,(H,29,32)/t22-/m1/s1. The van der Waals surface area contributed by atoms with Crippen LogP contribution < -0.4 is 10.1 Å². The molecule has 2 amide bonds. The first-order valence-electron chi connectivity index (χ1n) is 10.2. The van der Waals surface area contributed by atoms with Gasteiger partial charge >= 0.3 is 0 Å². The molecule has 3 aromatic rings. The molecular weight excluding hydrogens is 572 g/mol. The van der Waals surface area contributed by atoms with Crippen molar-refractivity contribution in [2.75, 3.05) is 13.7 Å². The Labute approximate surface area is 215 Å². The molecule has 0 aliphatic carbocycles. The third-order valence-corrected chi connectivity index (χ3v) is 6.41. The summed E-state index contributed by atoms with van der Waals surface area (Å²) in [6.45, 7) is 0.0429. The number of rotatable bonds is 9. The fourth-order valence-corrected chi connectivity index (χ4v) is 4.38. The smallest absolute Gasteiger partial charge is 0.261 e. The lowest BCUT2D eigenvalue weighted by atomic mass is 10.0. The monoisotopic (exact) mass is 592 g/mol. The molecule has 0 saturated carbocycles. The molecular formula is C25H23Br2ClN2O3. The molecule has 3 rings (SSSR count). The van der Waals surface area contributed by atoms with Crippen LogP contribution in [0.4, 0.5) is 0 Å². The lowest BCUT2D eigenvalue weighted by molar-refractivity contribution is -0.142. The number of nitrogens with one attached hydrogen (secondary N) is 1. The van der Waals surface area contributed by atoms with Gasteiger partial charge in [0.25, 0.3) is 5.91 Å². The van der Waals surface area contributed by atoms with Gasteiger partial charge in [-0.2, -0.15) is 0 Å². The Balaban J connectivity index is 1.87. The van der Waals surface area contributed by atoms with E-state index < -0.39 is 6.04 Å².